The van der Waals surface area contributed by atoms with E-state index < -0.39 is 10.0 Å². The molecule has 1 aromatic carbocycles. The van der Waals surface area contributed by atoms with Crippen LogP contribution in [0.3, 0.4) is 0 Å². The molecule has 0 radical (unpaired) electrons. The molecule has 5 nitrogen and oxygen atoms in total. The van der Waals surface area contributed by atoms with Gasteiger partial charge in [-0.05, 0) is 38.4 Å². The van der Waals surface area contributed by atoms with Crippen molar-refractivity contribution in [3.8, 4) is 0 Å². The topological polar surface area (TPSA) is 69.6 Å². The molecule has 1 aliphatic carbocycles. The Morgan fingerprint density at radius 3 is 2.58 bits per heavy atom. The third kappa shape index (κ3) is 2.91. The van der Waals surface area contributed by atoms with Crippen LogP contribution in [0.1, 0.15) is 19.3 Å². The van der Waals surface area contributed by atoms with Crippen molar-refractivity contribution in [2.75, 3.05) is 25.1 Å². The van der Waals surface area contributed by atoms with Gasteiger partial charge in [0.1, 0.15) is 4.90 Å². The molecule has 0 spiro atoms. The number of hydrogen-bond donors (Lipinski definition) is 2. The van der Waals surface area contributed by atoms with Crippen molar-refractivity contribution in [2.24, 2.45) is 0 Å². The summed E-state index contributed by atoms with van der Waals surface area (Å²) in [6.45, 7) is 0.478. The van der Waals surface area contributed by atoms with Gasteiger partial charge in [0.05, 0.1) is 12.3 Å². The third-order valence-electron chi connectivity index (χ3n) is 3.59. The fraction of sp³-hybridized carbons (Fsp3) is 0.538. The first kappa shape index (κ1) is 14.3. The quantitative estimate of drug-likeness (QED) is 0.816. The average molecular weight is 284 g/mol. The minimum absolute atomic E-state index is 0.0183. The van der Waals surface area contributed by atoms with Crippen LogP contribution in [0.25, 0.3) is 0 Å². The van der Waals surface area contributed by atoms with Gasteiger partial charge in [0.25, 0.3) is 0 Å². The van der Waals surface area contributed by atoms with Gasteiger partial charge >= 0.3 is 0 Å². The smallest absolute Gasteiger partial charge is 0.242 e. The number of nitrogens with one attached hydrogen (secondary N) is 1. The van der Waals surface area contributed by atoms with E-state index in [1.165, 1.54) is 7.05 Å². The van der Waals surface area contributed by atoms with Crippen LogP contribution in [-0.2, 0) is 10.0 Å². The summed E-state index contributed by atoms with van der Waals surface area (Å²) in [6, 6.07) is 7.28. The molecule has 0 aromatic heterocycles. The van der Waals surface area contributed by atoms with E-state index in [-0.39, 0.29) is 11.5 Å². The van der Waals surface area contributed by atoms with Gasteiger partial charge in [0.2, 0.25) is 10.0 Å². The fourth-order valence-corrected chi connectivity index (χ4v) is 3.28. The van der Waals surface area contributed by atoms with Crippen LogP contribution in [0.2, 0.25) is 0 Å². The van der Waals surface area contributed by atoms with E-state index in [1.54, 1.807) is 18.2 Å². The lowest BCUT2D eigenvalue weighted by Crippen LogP contribution is -2.42. The summed E-state index contributed by atoms with van der Waals surface area (Å²) in [6.07, 6.45) is 3.26. The van der Waals surface area contributed by atoms with Crippen molar-refractivity contribution in [3.63, 3.8) is 0 Å². The standard InChI is InChI=1S/C13H20N2O3S/c1-14-19(17,18)13-8-3-2-7-12(13)15(9-10-16)11-5-4-6-11/h2-3,7-8,11,14,16H,4-6,9-10H2,1H3. The molecule has 0 saturated heterocycles. The highest BCUT2D eigenvalue weighted by atomic mass is 32.2. The Morgan fingerprint density at radius 2 is 2.05 bits per heavy atom. The average Bonchev–Trinajstić information content (AvgIpc) is 2.36. The van der Waals surface area contributed by atoms with Gasteiger partial charge in [-0.15, -0.1) is 0 Å². The predicted octanol–water partition coefficient (Wildman–Crippen LogP) is 0.946. The Kier molecular flexibility index (Phi) is 4.44. The maximum absolute atomic E-state index is 12.1. The first-order valence-corrected chi connectivity index (χ1v) is 7.98. The lowest BCUT2D eigenvalue weighted by Gasteiger charge is -2.39. The van der Waals surface area contributed by atoms with Gasteiger partial charge < -0.3 is 10.0 Å². The molecule has 1 aliphatic rings. The number of anilines is 1. The molecule has 0 amide bonds. The Balaban J connectivity index is 2.41. The van der Waals surface area contributed by atoms with E-state index in [0.29, 0.717) is 18.3 Å². The zero-order valence-electron chi connectivity index (χ0n) is 11.0. The minimum atomic E-state index is -3.48. The predicted molar refractivity (Wildman–Crippen MR) is 74.8 cm³/mol. The molecule has 106 valence electrons. The second-order valence-corrected chi connectivity index (χ2v) is 6.53. The van der Waals surface area contributed by atoms with Crippen LogP contribution in [-0.4, -0.2) is 39.8 Å². The molecule has 2 rings (SSSR count). The van der Waals surface area contributed by atoms with Crippen LogP contribution in [0.15, 0.2) is 29.2 Å². The summed E-state index contributed by atoms with van der Waals surface area (Å²) in [7, 11) is -2.07. The Bertz CT molecular complexity index is 526. The Hall–Kier alpha value is -1.11. The largest absolute Gasteiger partial charge is 0.395 e. The van der Waals surface area contributed by atoms with Crippen molar-refractivity contribution < 1.29 is 13.5 Å². The molecule has 0 aliphatic heterocycles. The van der Waals surface area contributed by atoms with Crippen molar-refractivity contribution in [1.82, 2.24) is 4.72 Å². The van der Waals surface area contributed by atoms with Gasteiger partial charge in [0.15, 0.2) is 0 Å². The van der Waals surface area contributed by atoms with E-state index in [9.17, 15) is 13.5 Å². The first-order valence-electron chi connectivity index (χ1n) is 6.50. The monoisotopic (exact) mass is 284 g/mol. The molecular weight excluding hydrogens is 264 g/mol. The molecule has 6 heteroatoms. The highest BCUT2D eigenvalue weighted by Gasteiger charge is 2.28. The molecule has 1 fully saturated rings. The van der Waals surface area contributed by atoms with Crippen LogP contribution in [0.4, 0.5) is 5.69 Å². The van der Waals surface area contributed by atoms with E-state index in [1.807, 2.05) is 11.0 Å². The number of rotatable bonds is 6. The number of hydrogen-bond acceptors (Lipinski definition) is 4. The van der Waals surface area contributed by atoms with Crippen molar-refractivity contribution in [2.45, 2.75) is 30.2 Å². The number of nitrogens with zero attached hydrogens (tertiary/aromatic N) is 1. The second kappa shape index (κ2) is 5.90. The lowest BCUT2D eigenvalue weighted by molar-refractivity contribution is 0.283. The van der Waals surface area contributed by atoms with Crippen molar-refractivity contribution in [1.29, 1.82) is 0 Å². The normalized spacial score (nSPS) is 16.1. The van der Waals surface area contributed by atoms with Gasteiger partial charge in [-0.3, -0.25) is 0 Å². The summed E-state index contributed by atoms with van der Waals surface area (Å²) < 4.78 is 26.5. The van der Waals surface area contributed by atoms with Crippen LogP contribution < -0.4 is 9.62 Å². The summed E-state index contributed by atoms with van der Waals surface area (Å²) in [4.78, 5) is 2.28. The molecule has 0 unspecified atom stereocenters. The van der Waals surface area contributed by atoms with Crippen LogP contribution >= 0.6 is 0 Å². The molecular formula is C13H20N2O3S. The number of aliphatic hydroxyl groups is 1. The molecule has 0 atom stereocenters. The van der Waals surface area contributed by atoms with Gasteiger partial charge in [-0.1, -0.05) is 12.1 Å². The van der Waals surface area contributed by atoms with Gasteiger partial charge in [-0.25, -0.2) is 13.1 Å². The van der Waals surface area contributed by atoms with Crippen LogP contribution in [0.5, 0.6) is 0 Å². The molecule has 0 bridgehead atoms. The number of aliphatic hydroxyl groups excluding tert-OH is 1. The lowest BCUT2D eigenvalue weighted by atomic mass is 9.91. The first-order chi connectivity index (χ1) is 9.10. The maximum atomic E-state index is 12.1. The summed E-state index contributed by atoms with van der Waals surface area (Å²) in [5, 5.41) is 9.21. The summed E-state index contributed by atoms with van der Waals surface area (Å²) >= 11 is 0. The number of sulfonamides is 1. The zero-order chi connectivity index (χ0) is 13.9. The van der Waals surface area contributed by atoms with Crippen molar-refractivity contribution in [3.05, 3.63) is 24.3 Å². The third-order valence-corrected chi connectivity index (χ3v) is 5.05. The minimum Gasteiger partial charge on any atom is -0.395 e. The summed E-state index contributed by atoms with van der Waals surface area (Å²) in [5.41, 5.74) is 0.676. The molecule has 0 heterocycles. The van der Waals surface area contributed by atoms with E-state index in [4.69, 9.17) is 0 Å². The van der Waals surface area contributed by atoms with E-state index in [2.05, 4.69) is 4.72 Å². The van der Waals surface area contributed by atoms with E-state index in [0.717, 1.165) is 19.3 Å². The Morgan fingerprint density at radius 1 is 1.37 bits per heavy atom. The molecule has 1 saturated carbocycles. The number of para-hydroxylation sites is 1. The van der Waals surface area contributed by atoms with Gasteiger partial charge in [-0.2, -0.15) is 0 Å². The number of benzene rings is 1. The highest BCUT2D eigenvalue weighted by molar-refractivity contribution is 7.89. The van der Waals surface area contributed by atoms with E-state index >= 15 is 0 Å². The second-order valence-electron chi connectivity index (χ2n) is 4.68. The highest BCUT2D eigenvalue weighted by Crippen LogP contribution is 2.33. The molecule has 19 heavy (non-hydrogen) atoms. The zero-order valence-corrected chi connectivity index (χ0v) is 11.9. The van der Waals surface area contributed by atoms with Crippen LogP contribution in [0, 0.1) is 0 Å². The maximum Gasteiger partial charge on any atom is 0.242 e. The van der Waals surface area contributed by atoms with Crippen molar-refractivity contribution >= 4 is 15.7 Å². The van der Waals surface area contributed by atoms with Gasteiger partial charge in [0, 0.05) is 12.6 Å². The molecule has 2 N–H and O–H groups in total. The fourth-order valence-electron chi connectivity index (χ4n) is 2.34. The SMILES string of the molecule is CNS(=O)(=O)c1ccccc1N(CCO)C1CCC1. The molecule has 1 aromatic rings. The summed E-state index contributed by atoms with van der Waals surface area (Å²) in [5.74, 6) is 0. The Labute approximate surface area is 114 Å².